The van der Waals surface area contributed by atoms with E-state index in [4.69, 9.17) is 17.3 Å². The summed E-state index contributed by atoms with van der Waals surface area (Å²) in [6.07, 6.45) is 1.80. The second-order valence-electron chi connectivity index (χ2n) is 4.88. The number of thioether (sulfide) groups is 1. The van der Waals surface area contributed by atoms with Crippen LogP contribution in [0.25, 0.3) is 0 Å². The van der Waals surface area contributed by atoms with Gasteiger partial charge in [0.2, 0.25) is 5.91 Å². The highest BCUT2D eigenvalue weighted by molar-refractivity contribution is 7.99. The van der Waals surface area contributed by atoms with Crippen LogP contribution in [0.2, 0.25) is 5.02 Å². The molecule has 1 amide bonds. The molecule has 2 rings (SSSR count). The maximum Gasteiger partial charge on any atom is 0.237 e. The number of carbonyl (C=O) groups is 2. The highest BCUT2D eigenvalue weighted by atomic mass is 35.5. The number of likely N-dealkylation sites (N-methyl/N-ethyl adjacent to an activating group) is 1. The first-order chi connectivity index (χ1) is 11.0. The molecule has 0 aliphatic carbocycles. The Labute approximate surface area is 144 Å². The molecule has 0 aliphatic rings. The number of carbonyl (C=O) groups excluding carboxylic acids is 2. The lowest BCUT2D eigenvalue weighted by atomic mass is 9.97. The molecule has 0 heterocycles. The van der Waals surface area contributed by atoms with Crippen molar-refractivity contribution in [1.29, 1.82) is 0 Å². The average molecular weight is 349 g/mol. The normalized spacial score (nSPS) is 11.8. The van der Waals surface area contributed by atoms with E-state index < -0.39 is 5.25 Å². The summed E-state index contributed by atoms with van der Waals surface area (Å²) < 4.78 is 0. The summed E-state index contributed by atoms with van der Waals surface area (Å²) in [4.78, 5) is 24.7. The fourth-order valence-electron chi connectivity index (χ4n) is 2.30. The van der Waals surface area contributed by atoms with Crippen molar-refractivity contribution in [2.45, 2.75) is 5.25 Å². The second kappa shape index (κ2) is 7.53. The van der Waals surface area contributed by atoms with Gasteiger partial charge in [-0.05, 0) is 24.0 Å². The number of benzene rings is 2. The van der Waals surface area contributed by atoms with E-state index in [2.05, 4.69) is 5.32 Å². The molecule has 3 N–H and O–H groups in total. The highest BCUT2D eigenvalue weighted by Crippen LogP contribution is 2.36. The van der Waals surface area contributed by atoms with Crippen LogP contribution in [0.1, 0.15) is 26.7 Å². The van der Waals surface area contributed by atoms with E-state index in [0.717, 1.165) is 0 Å². The van der Waals surface area contributed by atoms with Gasteiger partial charge in [-0.1, -0.05) is 41.9 Å². The van der Waals surface area contributed by atoms with Gasteiger partial charge in [0, 0.05) is 28.9 Å². The third-order valence-electron chi connectivity index (χ3n) is 3.46. The Bertz CT molecular complexity index is 735. The Balaban J connectivity index is 2.55. The molecule has 0 bridgehead atoms. The topological polar surface area (TPSA) is 72.2 Å². The van der Waals surface area contributed by atoms with Crippen molar-refractivity contribution in [3.8, 4) is 0 Å². The molecule has 0 aromatic heterocycles. The maximum absolute atomic E-state index is 12.7. The monoisotopic (exact) mass is 348 g/mol. The largest absolute Gasteiger partial charge is 0.398 e. The smallest absolute Gasteiger partial charge is 0.237 e. The quantitative estimate of drug-likeness (QED) is 0.642. The van der Waals surface area contributed by atoms with Gasteiger partial charge in [-0.15, -0.1) is 11.8 Å². The summed E-state index contributed by atoms with van der Waals surface area (Å²) in [7, 11) is 1.56. The number of hydrogen-bond donors (Lipinski definition) is 2. The minimum absolute atomic E-state index is 0.190. The molecule has 0 saturated carbocycles. The Hall–Kier alpha value is -1.98. The highest BCUT2D eigenvalue weighted by Gasteiger charge is 2.25. The molecular weight excluding hydrogens is 332 g/mol. The van der Waals surface area contributed by atoms with Crippen molar-refractivity contribution >= 4 is 40.7 Å². The van der Waals surface area contributed by atoms with Crippen molar-refractivity contribution in [1.82, 2.24) is 5.32 Å². The van der Waals surface area contributed by atoms with Crippen LogP contribution in [-0.4, -0.2) is 25.0 Å². The molecule has 0 spiro atoms. The molecule has 23 heavy (non-hydrogen) atoms. The second-order valence-corrected chi connectivity index (χ2v) is 6.26. The van der Waals surface area contributed by atoms with Crippen LogP contribution in [0.4, 0.5) is 5.69 Å². The van der Waals surface area contributed by atoms with E-state index in [9.17, 15) is 9.59 Å². The summed E-state index contributed by atoms with van der Waals surface area (Å²) in [6, 6.07) is 12.0. The minimum atomic E-state index is -0.527. The summed E-state index contributed by atoms with van der Waals surface area (Å²) >= 11 is 7.49. The van der Waals surface area contributed by atoms with Crippen molar-refractivity contribution in [2.75, 3.05) is 19.0 Å². The fraction of sp³-hybridized carbons (Fsp3) is 0.176. The van der Waals surface area contributed by atoms with Gasteiger partial charge < -0.3 is 11.1 Å². The van der Waals surface area contributed by atoms with Crippen LogP contribution in [0.15, 0.2) is 42.5 Å². The van der Waals surface area contributed by atoms with Crippen molar-refractivity contribution < 1.29 is 9.59 Å². The minimum Gasteiger partial charge on any atom is -0.398 e. The summed E-state index contributed by atoms with van der Waals surface area (Å²) in [5.41, 5.74) is 7.84. The molecule has 1 unspecified atom stereocenters. The number of halogens is 1. The molecule has 0 saturated heterocycles. The Morgan fingerprint density at radius 2 is 1.87 bits per heavy atom. The predicted octanol–water partition coefficient (Wildman–Crippen LogP) is 3.30. The van der Waals surface area contributed by atoms with Gasteiger partial charge in [-0.3, -0.25) is 9.59 Å². The Kier molecular flexibility index (Phi) is 5.69. The third-order valence-corrected chi connectivity index (χ3v) is 4.62. The number of amides is 1. The predicted molar refractivity (Wildman–Crippen MR) is 96.1 cm³/mol. The van der Waals surface area contributed by atoms with E-state index in [0.29, 0.717) is 21.7 Å². The van der Waals surface area contributed by atoms with Crippen LogP contribution in [0.5, 0.6) is 0 Å². The van der Waals surface area contributed by atoms with Gasteiger partial charge in [-0.25, -0.2) is 0 Å². The zero-order chi connectivity index (χ0) is 17.0. The zero-order valence-electron chi connectivity index (χ0n) is 12.8. The number of hydrogen-bond acceptors (Lipinski definition) is 4. The first kappa shape index (κ1) is 17.4. The SMILES string of the molecule is CNC(=O)C(SC)c1cc(Cl)cc(C(=O)c2ccccc2)c1N. The van der Waals surface area contributed by atoms with Crippen LogP contribution in [0.3, 0.4) is 0 Å². The fourth-order valence-corrected chi connectivity index (χ4v) is 3.30. The lowest BCUT2D eigenvalue weighted by Crippen LogP contribution is -2.25. The van der Waals surface area contributed by atoms with Crippen molar-refractivity contribution in [3.63, 3.8) is 0 Å². The zero-order valence-corrected chi connectivity index (χ0v) is 14.4. The Morgan fingerprint density at radius 3 is 2.43 bits per heavy atom. The molecule has 4 nitrogen and oxygen atoms in total. The van der Waals surface area contributed by atoms with Crippen LogP contribution < -0.4 is 11.1 Å². The number of nitrogen functional groups attached to an aromatic ring is 1. The van der Waals surface area contributed by atoms with Crippen LogP contribution >= 0.6 is 23.4 Å². The molecule has 0 aliphatic heterocycles. The number of ketones is 1. The van der Waals surface area contributed by atoms with Gasteiger partial charge in [0.25, 0.3) is 0 Å². The Morgan fingerprint density at radius 1 is 1.22 bits per heavy atom. The molecular formula is C17H17ClN2O2S. The lowest BCUT2D eigenvalue weighted by Gasteiger charge is -2.18. The maximum atomic E-state index is 12.7. The van der Waals surface area contributed by atoms with Crippen LogP contribution in [0, 0.1) is 0 Å². The molecule has 1 atom stereocenters. The molecule has 0 radical (unpaired) electrons. The van der Waals surface area contributed by atoms with Gasteiger partial charge in [0.15, 0.2) is 5.78 Å². The molecule has 2 aromatic rings. The van der Waals surface area contributed by atoms with E-state index in [1.807, 2.05) is 6.07 Å². The van der Waals surface area contributed by atoms with E-state index >= 15 is 0 Å². The van der Waals surface area contributed by atoms with Crippen LogP contribution in [-0.2, 0) is 4.79 Å². The van der Waals surface area contributed by atoms with E-state index in [-0.39, 0.29) is 17.4 Å². The summed E-state index contributed by atoms with van der Waals surface area (Å²) in [5.74, 6) is -0.409. The number of anilines is 1. The number of nitrogens with two attached hydrogens (primary N) is 1. The van der Waals surface area contributed by atoms with Gasteiger partial charge in [0.05, 0.1) is 0 Å². The van der Waals surface area contributed by atoms with Gasteiger partial charge in [0.1, 0.15) is 5.25 Å². The van der Waals surface area contributed by atoms with Crippen molar-refractivity contribution in [3.05, 3.63) is 64.2 Å². The van der Waals surface area contributed by atoms with E-state index in [1.54, 1.807) is 43.6 Å². The lowest BCUT2D eigenvalue weighted by molar-refractivity contribution is -0.120. The standard InChI is InChI=1S/C17H17ClN2O2S/c1-20-17(22)16(23-2)13-9-11(18)8-12(14(13)19)15(21)10-6-4-3-5-7-10/h3-9,16H,19H2,1-2H3,(H,20,22). The third kappa shape index (κ3) is 3.68. The van der Waals surface area contributed by atoms with Gasteiger partial charge >= 0.3 is 0 Å². The van der Waals surface area contributed by atoms with E-state index in [1.165, 1.54) is 17.8 Å². The number of rotatable bonds is 5. The molecule has 2 aromatic carbocycles. The van der Waals surface area contributed by atoms with Gasteiger partial charge in [-0.2, -0.15) is 0 Å². The average Bonchev–Trinajstić information content (AvgIpc) is 2.58. The van der Waals surface area contributed by atoms with Crippen molar-refractivity contribution in [2.24, 2.45) is 0 Å². The molecule has 6 heteroatoms. The molecule has 0 fully saturated rings. The molecule has 120 valence electrons. The first-order valence-corrected chi connectivity index (χ1v) is 8.59. The summed E-state index contributed by atoms with van der Waals surface area (Å²) in [5, 5.41) is 2.44. The number of nitrogens with one attached hydrogen (secondary N) is 1. The first-order valence-electron chi connectivity index (χ1n) is 6.92. The summed E-state index contributed by atoms with van der Waals surface area (Å²) in [6.45, 7) is 0.